The minimum atomic E-state index is -0.708. The van der Waals surface area contributed by atoms with Crippen LogP contribution >= 0.6 is 11.3 Å². The van der Waals surface area contributed by atoms with E-state index in [2.05, 4.69) is 9.88 Å². The Balaban J connectivity index is 1.49. The van der Waals surface area contributed by atoms with Crippen LogP contribution in [-0.4, -0.2) is 70.4 Å². The number of fused-ring (bicyclic) bond motifs is 2. The third-order valence-corrected chi connectivity index (χ3v) is 7.76. The van der Waals surface area contributed by atoms with Crippen LogP contribution in [0.3, 0.4) is 0 Å². The maximum atomic E-state index is 13.2. The lowest BCUT2D eigenvalue weighted by Gasteiger charge is -2.19. The van der Waals surface area contributed by atoms with Crippen LogP contribution < -0.4 is 16.2 Å². The molecular weight excluding hydrogens is 480 g/mol. The Morgan fingerprint density at radius 2 is 1.94 bits per heavy atom. The number of aromatic nitrogens is 2. The van der Waals surface area contributed by atoms with Gasteiger partial charge in [0.1, 0.15) is 11.5 Å². The van der Waals surface area contributed by atoms with E-state index in [1.807, 2.05) is 19.0 Å². The highest BCUT2D eigenvalue weighted by Gasteiger charge is 2.29. The van der Waals surface area contributed by atoms with Gasteiger partial charge in [0.2, 0.25) is 0 Å². The fourth-order valence-corrected chi connectivity index (χ4v) is 5.82. The lowest BCUT2D eigenvalue weighted by Crippen LogP contribution is -2.34. The van der Waals surface area contributed by atoms with Gasteiger partial charge < -0.3 is 26.0 Å². The first kappa shape index (κ1) is 23.8. The van der Waals surface area contributed by atoms with Gasteiger partial charge in [0, 0.05) is 42.5 Å². The minimum Gasteiger partial charge on any atom is -0.456 e. The van der Waals surface area contributed by atoms with Gasteiger partial charge in [-0.3, -0.25) is 19.1 Å². The molecule has 1 fully saturated rings. The van der Waals surface area contributed by atoms with Crippen LogP contribution in [0.1, 0.15) is 32.1 Å². The molecule has 0 saturated carbocycles. The third-order valence-electron chi connectivity index (χ3n) is 6.64. The van der Waals surface area contributed by atoms with Crippen molar-refractivity contribution in [2.45, 2.75) is 19.4 Å². The van der Waals surface area contributed by atoms with E-state index in [1.54, 1.807) is 43.5 Å². The van der Waals surface area contributed by atoms with Gasteiger partial charge in [-0.2, -0.15) is 0 Å². The zero-order chi connectivity index (χ0) is 25.7. The second kappa shape index (κ2) is 8.92. The van der Waals surface area contributed by atoms with Gasteiger partial charge in [-0.05, 0) is 51.7 Å². The van der Waals surface area contributed by atoms with Crippen molar-refractivity contribution in [3.63, 3.8) is 0 Å². The van der Waals surface area contributed by atoms with Gasteiger partial charge in [0.15, 0.2) is 0 Å². The van der Waals surface area contributed by atoms with Crippen molar-refractivity contribution in [1.29, 1.82) is 0 Å². The molecule has 4 heterocycles. The van der Waals surface area contributed by atoms with Gasteiger partial charge >= 0.3 is 6.03 Å². The molecule has 5 rings (SSSR count). The molecule has 10 nitrogen and oxygen atoms in total. The summed E-state index contributed by atoms with van der Waals surface area (Å²) < 4.78 is 8.16. The average molecular weight is 507 g/mol. The summed E-state index contributed by atoms with van der Waals surface area (Å²) >= 11 is 1.34. The molecule has 1 aliphatic heterocycles. The predicted octanol–water partition coefficient (Wildman–Crippen LogP) is 3.15. The highest BCUT2D eigenvalue weighted by atomic mass is 32.1. The zero-order valence-electron chi connectivity index (χ0n) is 20.1. The van der Waals surface area contributed by atoms with Crippen LogP contribution in [0.4, 0.5) is 4.79 Å². The number of nitrogens with zero attached hydrogens (tertiary/aromatic N) is 4. The number of pyridine rings is 1. The number of hydrogen-bond donors (Lipinski definition) is 2. The summed E-state index contributed by atoms with van der Waals surface area (Å²) in [4.78, 5) is 46.3. The number of carbonyl (C=O) groups excluding carboxylic acids is 3. The topological polar surface area (TPSA) is 137 Å². The van der Waals surface area contributed by atoms with Gasteiger partial charge in [-0.1, -0.05) is 0 Å². The van der Waals surface area contributed by atoms with E-state index in [0.717, 1.165) is 17.7 Å². The smallest absolute Gasteiger partial charge is 0.323 e. The van der Waals surface area contributed by atoms with Crippen molar-refractivity contribution in [2.24, 2.45) is 11.5 Å². The number of likely N-dealkylation sites (tertiary alicyclic amines) is 1. The quantitative estimate of drug-likeness (QED) is 0.427. The summed E-state index contributed by atoms with van der Waals surface area (Å²) in [6.07, 6.45) is 2.57. The highest BCUT2D eigenvalue weighted by Crippen LogP contribution is 2.37. The van der Waals surface area contributed by atoms with Crippen molar-refractivity contribution in [2.75, 3.05) is 27.2 Å². The van der Waals surface area contributed by atoms with Crippen molar-refractivity contribution in [3.8, 4) is 11.5 Å². The number of hydrogen-bond acceptors (Lipinski definition) is 7. The zero-order valence-corrected chi connectivity index (χ0v) is 21.0. The molecule has 1 saturated heterocycles. The number of primary amides is 2. The lowest BCUT2D eigenvalue weighted by atomic mass is 10.1. The molecule has 0 spiro atoms. The van der Waals surface area contributed by atoms with Crippen LogP contribution in [0, 0.1) is 6.92 Å². The predicted molar refractivity (Wildman–Crippen MR) is 138 cm³/mol. The average Bonchev–Trinajstić information content (AvgIpc) is 3.54. The summed E-state index contributed by atoms with van der Waals surface area (Å²) in [6.45, 7) is 3.03. The fraction of sp³-hybridized carbons (Fsp3) is 0.280. The second-order valence-electron chi connectivity index (χ2n) is 9.07. The number of benzene rings is 1. The standard InChI is InChI=1S/C25H26N6O4S/c1-13-21(23(26)32)16-10-15(4-5-18(16)31(13)25(27)34)35-19-6-8-28-17-11-20(36-22(17)19)24(33)30-9-7-14(12-30)29(2)3/h4-6,8,10-11,14H,7,9,12H2,1-3H3,(H2,26,32)(H2,27,34)/t14-/m1/s1. The Morgan fingerprint density at radius 3 is 2.61 bits per heavy atom. The van der Waals surface area contributed by atoms with Gasteiger partial charge in [-0.15, -0.1) is 11.3 Å². The molecule has 4 N–H and O–H groups in total. The molecule has 186 valence electrons. The molecule has 1 atom stereocenters. The minimum absolute atomic E-state index is 0.0101. The number of thiophene rings is 1. The molecule has 0 bridgehead atoms. The molecule has 4 aromatic rings. The van der Waals surface area contributed by atoms with Gasteiger partial charge in [-0.25, -0.2) is 4.79 Å². The van der Waals surface area contributed by atoms with E-state index in [-0.39, 0.29) is 11.5 Å². The summed E-state index contributed by atoms with van der Waals surface area (Å²) in [5, 5.41) is 0.466. The van der Waals surface area contributed by atoms with Crippen LogP contribution in [0.5, 0.6) is 11.5 Å². The molecule has 0 unspecified atom stereocenters. The number of rotatable bonds is 5. The Kier molecular flexibility index (Phi) is 5.89. The summed E-state index contributed by atoms with van der Waals surface area (Å²) in [5.74, 6) is 0.293. The Morgan fingerprint density at radius 1 is 1.17 bits per heavy atom. The molecule has 11 heteroatoms. The molecule has 0 aliphatic carbocycles. The first-order chi connectivity index (χ1) is 17.2. The van der Waals surface area contributed by atoms with E-state index < -0.39 is 11.9 Å². The second-order valence-corrected chi connectivity index (χ2v) is 10.1. The Labute approximate surface area is 211 Å². The SMILES string of the molecule is Cc1c(C(N)=O)c2cc(Oc3ccnc4cc(C(=O)N5CC[C@@H](N(C)C)C5)sc34)ccc2n1C(N)=O. The normalized spacial score (nSPS) is 15.8. The monoisotopic (exact) mass is 506 g/mol. The van der Waals surface area contributed by atoms with E-state index in [9.17, 15) is 14.4 Å². The first-order valence-electron chi connectivity index (χ1n) is 11.4. The molecule has 0 radical (unpaired) electrons. The van der Waals surface area contributed by atoms with E-state index in [1.165, 1.54) is 15.9 Å². The molecule has 1 aromatic carbocycles. The van der Waals surface area contributed by atoms with Crippen LogP contribution in [0.25, 0.3) is 21.1 Å². The number of amides is 3. The van der Waals surface area contributed by atoms with E-state index >= 15 is 0 Å². The maximum absolute atomic E-state index is 13.2. The van der Waals surface area contributed by atoms with Crippen molar-refractivity contribution in [1.82, 2.24) is 19.4 Å². The molecule has 1 aliphatic rings. The number of carbonyl (C=O) groups is 3. The number of nitrogens with two attached hydrogens (primary N) is 2. The van der Waals surface area contributed by atoms with Crippen molar-refractivity contribution >= 4 is 50.3 Å². The third kappa shape index (κ3) is 3.95. The summed E-state index contributed by atoms with van der Waals surface area (Å²) in [6, 6.07) is 8.16. The van der Waals surface area contributed by atoms with Crippen molar-refractivity contribution < 1.29 is 19.1 Å². The van der Waals surface area contributed by atoms with Gasteiger partial charge in [0.25, 0.3) is 11.8 Å². The fourth-order valence-electron chi connectivity index (χ4n) is 4.79. The van der Waals surface area contributed by atoms with Gasteiger partial charge in [0.05, 0.1) is 26.2 Å². The Hall–Kier alpha value is -3.96. The molecule has 36 heavy (non-hydrogen) atoms. The highest BCUT2D eigenvalue weighted by molar-refractivity contribution is 7.21. The molecule has 3 aromatic heterocycles. The van der Waals surface area contributed by atoms with Crippen LogP contribution in [-0.2, 0) is 0 Å². The number of likely N-dealkylation sites (N-methyl/N-ethyl adjacent to an activating group) is 1. The molecular formula is C25H26N6O4S. The van der Waals surface area contributed by atoms with Crippen LogP contribution in [0.15, 0.2) is 36.5 Å². The van der Waals surface area contributed by atoms with E-state index in [0.29, 0.717) is 51.1 Å². The maximum Gasteiger partial charge on any atom is 0.323 e. The lowest BCUT2D eigenvalue weighted by molar-refractivity contribution is 0.0787. The number of ether oxygens (including phenoxy) is 1. The first-order valence-corrected chi connectivity index (χ1v) is 12.2. The summed E-state index contributed by atoms with van der Waals surface area (Å²) in [5.41, 5.74) is 12.8. The largest absolute Gasteiger partial charge is 0.456 e. The van der Waals surface area contributed by atoms with E-state index in [4.69, 9.17) is 16.2 Å². The van der Waals surface area contributed by atoms with Crippen LogP contribution in [0.2, 0.25) is 0 Å². The molecule has 3 amide bonds. The summed E-state index contributed by atoms with van der Waals surface area (Å²) in [7, 11) is 4.05. The Bertz CT molecular complexity index is 1540. The van der Waals surface area contributed by atoms with Crippen molar-refractivity contribution in [3.05, 3.63) is 52.7 Å².